The molecule has 0 amide bonds. The molecule has 4 aromatic rings. The molecule has 0 saturated carbocycles. The van der Waals surface area contributed by atoms with E-state index in [0.29, 0.717) is 18.9 Å². The van der Waals surface area contributed by atoms with Gasteiger partial charge in [0.1, 0.15) is 5.82 Å². The van der Waals surface area contributed by atoms with Gasteiger partial charge >= 0.3 is 6.18 Å². The number of anilines is 1. The van der Waals surface area contributed by atoms with Crippen molar-refractivity contribution in [1.29, 1.82) is 0 Å². The number of para-hydroxylation sites is 1. The highest BCUT2D eigenvalue weighted by Crippen LogP contribution is 2.28. The highest BCUT2D eigenvalue weighted by Gasteiger charge is 2.37. The first kappa shape index (κ1) is 17.9. The number of fused-ring (bicyclic) bond motifs is 2. The summed E-state index contributed by atoms with van der Waals surface area (Å²) in [5, 5.41) is 12.1. The summed E-state index contributed by atoms with van der Waals surface area (Å²) in [5.74, 6) is -0.611. The SMILES string of the molecule is FC(F)(F)c1nnc2ccc(N3CCN(Cc4cc5ccccc5[nH]4)CC3)nn12. The number of nitrogens with zero attached hydrogens (tertiary/aromatic N) is 6. The molecular formula is C19H18F3N7. The Bertz CT molecular complexity index is 1120. The molecule has 3 aromatic heterocycles. The first-order valence-electron chi connectivity index (χ1n) is 9.31. The number of aromatic nitrogens is 5. The number of benzene rings is 1. The molecule has 1 N–H and O–H groups in total. The van der Waals surface area contributed by atoms with Gasteiger partial charge in [-0.2, -0.15) is 17.7 Å². The number of alkyl halides is 3. The third-order valence-corrected chi connectivity index (χ3v) is 5.18. The zero-order chi connectivity index (χ0) is 20.0. The van der Waals surface area contributed by atoms with E-state index in [9.17, 15) is 13.2 Å². The van der Waals surface area contributed by atoms with E-state index in [-0.39, 0.29) is 5.65 Å². The second kappa shape index (κ2) is 6.73. The molecule has 0 atom stereocenters. The van der Waals surface area contributed by atoms with Crippen molar-refractivity contribution in [3.8, 4) is 0 Å². The lowest BCUT2D eigenvalue weighted by Crippen LogP contribution is -2.46. The fraction of sp³-hybridized carbons (Fsp3) is 0.316. The lowest BCUT2D eigenvalue weighted by Gasteiger charge is -2.35. The molecule has 4 heterocycles. The summed E-state index contributed by atoms with van der Waals surface area (Å²) >= 11 is 0. The van der Waals surface area contributed by atoms with E-state index < -0.39 is 12.0 Å². The molecule has 5 rings (SSSR count). The molecule has 1 aliphatic rings. The van der Waals surface area contributed by atoms with E-state index in [1.54, 1.807) is 6.07 Å². The summed E-state index contributed by atoms with van der Waals surface area (Å²) < 4.78 is 40.0. The van der Waals surface area contributed by atoms with E-state index in [2.05, 4.69) is 43.4 Å². The average Bonchev–Trinajstić information content (AvgIpc) is 3.31. The predicted molar refractivity (Wildman–Crippen MR) is 102 cm³/mol. The molecule has 10 heteroatoms. The number of H-pyrrole nitrogens is 1. The van der Waals surface area contributed by atoms with Crippen LogP contribution in [0.1, 0.15) is 11.5 Å². The summed E-state index contributed by atoms with van der Waals surface area (Å²) in [6, 6.07) is 13.5. The molecule has 0 bridgehead atoms. The zero-order valence-corrected chi connectivity index (χ0v) is 15.4. The Balaban J connectivity index is 1.29. The van der Waals surface area contributed by atoms with Gasteiger partial charge in [-0.1, -0.05) is 18.2 Å². The molecule has 1 fully saturated rings. The van der Waals surface area contributed by atoms with Crippen LogP contribution >= 0.6 is 0 Å². The van der Waals surface area contributed by atoms with Crippen LogP contribution in [0.5, 0.6) is 0 Å². The smallest absolute Gasteiger partial charge is 0.357 e. The Hall–Kier alpha value is -3.14. The van der Waals surface area contributed by atoms with Crippen molar-refractivity contribution in [2.24, 2.45) is 0 Å². The van der Waals surface area contributed by atoms with E-state index >= 15 is 0 Å². The van der Waals surface area contributed by atoms with Crippen LogP contribution < -0.4 is 4.90 Å². The van der Waals surface area contributed by atoms with Crippen LogP contribution in [0.4, 0.5) is 19.0 Å². The van der Waals surface area contributed by atoms with Crippen LogP contribution in [0, 0.1) is 0 Å². The topological polar surface area (TPSA) is 65.4 Å². The highest BCUT2D eigenvalue weighted by molar-refractivity contribution is 5.80. The van der Waals surface area contributed by atoms with Gasteiger partial charge in [0, 0.05) is 43.9 Å². The van der Waals surface area contributed by atoms with Gasteiger partial charge < -0.3 is 9.88 Å². The number of hydrogen-bond acceptors (Lipinski definition) is 5. The number of hydrogen-bond donors (Lipinski definition) is 1. The van der Waals surface area contributed by atoms with Crippen molar-refractivity contribution in [2.75, 3.05) is 31.1 Å². The standard InChI is InChI=1S/C19H18F3N7/c20-19(21,22)18-25-24-16-5-6-17(26-29(16)18)28-9-7-27(8-10-28)12-14-11-13-3-1-2-4-15(13)23-14/h1-6,11,23H,7-10,12H2. The first-order valence-corrected chi connectivity index (χ1v) is 9.31. The van der Waals surface area contributed by atoms with Crippen molar-refractivity contribution in [1.82, 2.24) is 29.7 Å². The zero-order valence-electron chi connectivity index (χ0n) is 15.4. The van der Waals surface area contributed by atoms with E-state index in [1.165, 1.54) is 11.5 Å². The van der Waals surface area contributed by atoms with Crippen molar-refractivity contribution in [3.05, 3.63) is 54.0 Å². The van der Waals surface area contributed by atoms with Gasteiger partial charge in [-0.05, 0) is 29.7 Å². The Morgan fingerprint density at radius 1 is 0.966 bits per heavy atom. The van der Waals surface area contributed by atoms with Crippen molar-refractivity contribution in [2.45, 2.75) is 12.7 Å². The summed E-state index contributed by atoms with van der Waals surface area (Å²) in [7, 11) is 0. The van der Waals surface area contributed by atoms with E-state index in [0.717, 1.165) is 35.4 Å². The molecular weight excluding hydrogens is 383 g/mol. The molecule has 150 valence electrons. The first-order chi connectivity index (χ1) is 14.0. The molecule has 29 heavy (non-hydrogen) atoms. The lowest BCUT2D eigenvalue weighted by molar-refractivity contribution is -0.146. The minimum Gasteiger partial charge on any atom is -0.357 e. The van der Waals surface area contributed by atoms with Gasteiger partial charge in [-0.15, -0.1) is 15.3 Å². The Morgan fingerprint density at radius 2 is 1.76 bits per heavy atom. The fourth-order valence-electron chi connectivity index (χ4n) is 3.72. The molecule has 1 aromatic carbocycles. The number of rotatable bonds is 3. The Kier molecular flexibility index (Phi) is 4.16. The monoisotopic (exact) mass is 401 g/mol. The number of piperazine rings is 1. The van der Waals surface area contributed by atoms with Crippen molar-refractivity contribution < 1.29 is 13.2 Å². The number of halogens is 3. The average molecular weight is 401 g/mol. The normalized spacial score (nSPS) is 16.2. The number of nitrogens with one attached hydrogen (secondary N) is 1. The van der Waals surface area contributed by atoms with Crippen LogP contribution in [0.15, 0.2) is 42.5 Å². The molecule has 0 radical (unpaired) electrons. The van der Waals surface area contributed by atoms with E-state index in [1.807, 2.05) is 17.0 Å². The molecule has 0 unspecified atom stereocenters. The maximum Gasteiger partial charge on any atom is 0.453 e. The second-order valence-electron chi connectivity index (χ2n) is 7.13. The van der Waals surface area contributed by atoms with Crippen LogP contribution in [-0.4, -0.2) is 55.9 Å². The van der Waals surface area contributed by atoms with Gasteiger partial charge in [0.2, 0.25) is 0 Å². The van der Waals surface area contributed by atoms with Crippen LogP contribution in [0.3, 0.4) is 0 Å². The summed E-state index contributed by atoms with van der Waals surface area (Å²) in [4.78, 5) is 7.74. The minimum absolute atomic E-state index is 0.0820. The van der Waals surface area contributed by atoms with Crippen molar-refractivity contribution in [3.63, 3.8) is 0 Å². The molecule has 7 nitrogen and oxygen atoms in total. The third-order valence-electron chi connectivity index (χ3n) is 5.18. The quantitative estimate of drug-likeness (QED) is 0.572. The van der Waals surface area contributed by atoms with Crippen molar-refractivity contribution >= 4 is 22.4 Å². The van der Waals surface area contributed by atoms with Crippen LogP contribution in [0.25, 0.3) is 16.6 Å². The van der Waals surface area contributed by atoms with Gasteiger partial charge in [-0.3, -0.25) is 4.90 Å². The van der Waals surface area contributed by atoms with Gasteiger partial charge in [0.15, 0.2) is 5.65 Å². The van der Waals surface area contributed by atoms with Gasteiger partial charge in [-0.25, -0.2) is 0 Å². The van der Waals surface area contributed by atoms with E-state index in [4.69, 9.17) is 0 Å². The Morgan fingerprint density at radius 3 is 2.52 bits per heavy atom. The third kappa shape index (κ3) is 3.39. The summed E-state index contributed by atoms with van der Waals surface area (Å²) in [6.45, 7) is 3.76. The molecule has 0 spiro atoms. The van der Waals surface area contributed by atoms with Gasteiger partial charge in [0.05, 0.1) is 0 Å². The largest absolute Gasteiger partial charge is 0.453 e. The predicted octanol–water partition coefficient (Wildman–Crippen LogP) is 2.95. The summed E-state index contributed by atoms with van der Waals surface area (Å²) in [5.41, 5.74) is 2.35. The molecule has 1 aliphatic heterocycles. The Labute approximate surface area is 163 Å². The lowest BCUT2D eigenvalue weighted by atomic mass is 10.2. The van der Waals surface area contributed by atoms with Crippen LogP contribution in [0.2, 0.25) is 0 Å². The maximum absolute atomic E-state index is 13.1. The molecule has 0 aliphatic carbocycles. The second-order valence-corrected chi connectivity index (χ2v) is 7.13. The van der Waals surface area contributed by atoms with Crippen LogP contribution in [-0.2, 0) is 12.7 Å². The fourth-order valence-corrected chi connectivity index (χ4v) is 3.72. The highest BCUT2D eigenvalue weighted by atomic mass is 19.4. The summed E-state index contributed by atoms with van der Waals surface area (Å²) in [6.07, 6.45) is -4.59. The van der Waals surface area contributed by atoms with Gasteiger partial charge in [0.25, 0.3) is 5.82 Å². The molecule has 1 saturated heterocycles. The number of aromatic amines is 1. The maximum atomic E-state index is 13.1. The minimum atomic E-state index is -4.59.